The van der Waals surface area contributed by atoms with Gasteiger partial charge in [-0.3, -0.25) is 4.79 Å². The Morgan fingerprint density at radius 2 is 2.11 bits per heavy atom. The zero-order valence-corrected chi connectivity index (χ0v) is 11.9. The van der Waals surface area contributed by atoms with Crippen molar-refractivity contribution in [2.75, 3.05) is 12.4 Å². The molecule has 0 amide bonds. The van der Waals surface area contributed by atoms with Gasteiger partial charge in [-0.15, -0.1) is 0 Å². The van der Waals surface area contributed by atoms with E-state index in [4.69, 9.17) is 4.74 Å². The number of ketones is 1. The molecule has 3 nitrogen and oxygen atoms in total. The van der Waals surface area contributed by atoms with Crippen molar-refractivity contribution in [2.24, 2.45) is 5.41 Å². The largest absolute Gasteiger partial charge is 0.497 e. The third-order valence-electron chi connectivity index (χ3n) is 2.67. The Labute approximate surface area is 112 Å². The molecule has 0 bridgehead atoms. The van der Waals surface area contributed by atoms with Gasteiger partial charge in [-0.25, -0.2) is 0 Å². The van der Waals surface area contributed by atoms with E-state index in [0.717, 1.165) is 21.4 Å². The average Bonchev–Trinajstić information content (AvgIpc) is 2.68. The predicted octanol–water partition coefficient (Wildman–Crippen LogP) is 3.67. The molecule has 0 atom stereocenters. The van der Waals surface area contributed by atoms with Crippen molar-refractivity contribution in [3.63, 3.8) is 0 Å². The van der Waals surface area contributed by atoms with Crippen LogP contribution in [0.4, 0.5) is 5.69 Å². The number of benzene rings is 1. The molecule has 0 fully saturated rings. The van der Waals surface area contributed by atoms with Crippen molar-refractivity contribution >= 4 is 23.2 Å². The molecule has 0 spiro atoms. The molecule has 1 N–H and O–H groups in total. The van der Waals surface area contributed by atoms with E-state index in [1.54, 1.807) is 24.9 Å². The molecule has 1 aromatic carbocycles. The van der Waals surface area contributed by atoms with E-state index in [-0.39, 0.29) is 11.2 Å². The van der Waals surface area contributed by atoms with E-state index in [0.29, 0.717) is 0 Å². The molecule has 1 heterocycles. The Morgan fingerprint density at radius 1 is 1.39 bits per heavy atom. The van der Waals surface area contributed by atoms with Gasteiger partial charge < -0.3 is 10.1 Å². The van der Waals surface area contributed by atoms with Gasteiger partial charge in [0.05, 0.1) is 17.8 Å². The van der Waals surface area contributed by atoms with Crippen LogP contribution in [0.3, 0.4) is 0 Å². The molecule has 0 radical (unpaired) electrons. The highest BCUT2D eigenvalue weighted by Crippen LogP contribution is 2.42. The number of hydrogen-bond acceptors (Lipinski definition) is 4. The van der Waals surface area contributed by atoms with Crippen molar-refractivity contribution < 1.29 is 9.53 Å². The lowest BCUT2D eigenvalue weighted by atomic mass is 9.91. The zero-order valence-electron chi connectivity index (χ0n) is 11.0. The number of thioether (sulfide) groups is 1. The number of hydrogen-bond donors (Lipinski definition) is 1. The SMILES string of the molecule is COc1ccc2c(c1)SC(=CC(=O)C(C)(C)C)N2. The molecular weight excluding hydrogens is 246 g/mol. The van der Waals surface area contributed by atoms with E-state index in [9.17, 15) is 4.79 Å². The minimum Gasteiger partial charge on any atom is -0.497 e. The second-order valence-corrected chi connectivity index (χ2v) is 6.30. The van der Waals surface area contributed by atoms with Crippen LogP contribution in [0.5, 0.6) is 5.75 Å². The summed E-state index contributed by atoms with van der Waals surface area (Å²) in [7, 11) is 1.65. The Morgan fingerprint density at radius 3 is 2.72 bits per heavy atom. The van der Waals surface area contributed by atoms with Gasteiger partial charge in [0.1, 0.15) is 5.75 Å². The van der Waals surface area contributed by atoms with Gasteiger partial charge in [-0.05, 0) is 18.2 Å². The molecule has 0 aromatic heterocycles. The first-order valence-electron chi connectivity index (χ1n) is 5.79. The molecule has 2 rings (SSSR count). The molecule has 0 saturated carbocycles. The van der Waals surface area contributed by atoms with Crippen molar-refractivity contribution in [1.29, 1.82) is 0 Å². The fourth-order valence-corrected chi connectivity index (χ4v) is 2.46. The Hall–Kier alpha value is -1.42. The fourth-order valence-electron chi connectivity index (χ4n) is 1.50. The van der Waals surface area contributed by atoms with Gasteiger partial charge in [-0.2, -0.15) is 0 Å². The summed E-state index contributed by atoms with van der Waals surface area (Å²) >= 11 is 1.56. The standard InChI is InChI=1S/C14H17NO2S/c1-14(2,3)12(16)8-13-15-10-6-5-9(17-4)7-11(10)18-13/h5-8,15H,1-4H3. The summed E-state index contributed by atoms with van der Waals surface area (Å²) in [6, 6.07) is 5.83. The Bertz CT molecular complexity index is 515. The first kappa shape index (κ1) is 13.0. The van der Waals surface area contributed by atoms with Gasteiger partial charge >= 0.3 is 0 Å². The van der Waals surface area contributed by atoms with E-state index in [2.05, 4.69) is 5.32 Å². The third-order valence-corrected chi connectivity index (χ3v) is 3.67. The van der Waals surface area contributed by atoms with Crippen LogP contribution in [0.25, 0.3) is 0 Å². The normalized spacial score (nSPS) is 16.3. The monoisotopic (exact) mass is 263 g/mol. The number of allylic oxidation sites excluding steroid dienone is 1. The first-order chi connectivity index (χ1) is 8.40. The molecular formula is C14H17NO2S. The summed E-state index contributed by atoms with van der Waals surface area (Å²) in [5, 5.41) is 4.11. The highest BCUT2D eigenvalue weighted by molar-refractivity contribution is 8.03. The van der Waals surface area contributed by atoms with Crippen LogP contribution in [-0.2, 0) is 4.79 Å². The second kappa shape index (κ2) is 4.69. The van der Waals surface area contributed by atoms with E-state index in [1.165, 1.54) is 0 Å². The molecule has 18 heavy (non-hydrogen) atoms. The number of nitrogens with one attached hydrogen (secondary N) is 1. The topological polar surface area (TPSA) is 38.3 Å². The van der Waals surface area contributed by atoms with Crippen LogP contribution in [-0.4, -0.2) is 12.9 Å². The van der Waals surface area contributed by atoms with Crippen LogP contribution in [0, 0.1) is 5.41 Å². The number of fused-ring (bicyclic) bond motifs is 1. The quantitative estimate of drug-likeness (QED) is 0.826. The number of ether oxygens (including phenoxy) is 1. The fraction of sp³-hybridized carbons (Fsp3) is 0.357. The molecule has 0 saturated heterocycles. The van der Waals surface area contributed by atoms with Gasteiger partial charge in [0.2, 0.25) is 0 Å². The van der Waals surface area contributed by atoms with E-state index in [1.807, 2.05) is 39.0 Å². The minimum absolute atomic E-state index is 0.122. The number of methoxy groups -OCH3 is 1. The van der Waals surface area contributed by atoms with Crippen LogP contribution >= 0.6 is 11.8 Å². The van der Waals surface area contributed by atoms with Crippen molar-refractivity contribution in [3.05, 3.63) is 29.3 Å². The van der Waals surface area contributed by atoms with Gasteiger partial charge in [-0.1, -0.05) is 32.5 Å². The number of carbonyl (C=O) groups is 1. The Kier molecular flexibility index (Phi) is 3.39. The molecule has 0 aliphatic carbocycles. The minimum atomic E-state index is -0.346. The first-order valence-corrected chi connectivity index (χ1v) is 6.61. The van der Waals surface area contributed by atoms with Crippen LogP contribution in [0.2, 0.25) is 0 Å². The maximum atomic E-state index is 11.9. The second-order valence-electron chi connectivity index (χ2n) is 5.21. The zero-order chi connectivity index (χ0) is 13.3. The van der Waals surface area contributed by atoms with E-state index < -0.39 is 0 Å². The van der Waals surface area contributed by atoms with E-state index >= 15 is 0 Å². The Balaban J connectivity index is 2.20. The van der Waals surface area contributed by atoms with Gasteiger partial charge in [0.25, 0.3) is 0 Å². The molecule has 96 valence electrons. The predicted molar refractivity (Wildman–Crippen MR) is 75.0 cm³/mol. The van der Waals surface area contributed by atoms with Crippen LogP contribution in [0.15, 0.2) is 34.2 Å². The third kappa shape index (κ3) is 2.70. The highest BCUT2D eigenvalue weighted by atomic mass is 32.2. The van der Waals surface area contributed by atoms with Crippen molar-refractivity contribution in [1.82, 2.24) is 0 Å². The summed E-state index contributed by atoms with van der Waals surface area (Å²) in [4.78, 5) is 13.0. The van der Waals surface area contributed by atoms with Crippen molar-refractivity contribution in [3.8, 4) is 5.75 Å². The molecule has 1 aliphatic rings. The molecule has 4 heteroatoms. The summed E-state index contributed by atoms with van der Waals surface area (Å²) in [6.07, 6.45) is 1.68. The smallest absolute Gasteiger partial charge is 0.163 e. The van der Waals surface area contributed by atoms with Crippen LogP contribution in [0.1, 0.15) is 20.8 Å². The number of rotatable bonds is 2. The lowest BCUT2D eigenvalue weighted by molar-refractivity contribution is -0.121. The summed E-state index contributed by atoms with van der Waals surface area (Å²) in [6.45, 7) is 5.76. The molecule has 1 aliphatic heterocycles. The highest BCUT2D eigenvalue weighted by Gasteiger charge is 2.22. The molecule has 0 unspecified atom stereocenters. The summed E-state index contributed by atoms with van der Waals surface area (Å²) in [5.74, 6) is 0.948. The van der Waals surface area contributed by atoms with Gasteiger partial charge in [0, 0.05) is 16.4 Å². The maximum Gasteiger partial charge on any atom is 0.163 e. The average molecular weight is 263 g/mol. The van der Waals surface area contributed by atoms with Gasteiger partial charge in [0.15, 0.2) is 5.78 Å². The van der Waals surface area contributed by atoms with Crippen molar-refractivity contribution in [2.45, 2.75) is 25.7 Å². The maximum absolute atomic E-state index is 11.9. The number of anilines is 1. The summed E-state index contributed by atoms with van der Waals surface area (Å²) < 4.78 is 5.18. The lowest BCUT2D eigenvalue weighted by Gasteiger charge is -2.13. The van der Waals surface area contributed by atoms with Crippen LogP contribution < -0.4 is 10.1 Å². The summed E-state index contributed by atoms with van der Waals surface area (Å²) in [5.41, 5.74) is 0.676. The molecule has 1 aromatic rings. The number of carbonyl (C=O) groups excluding carboxylic acids is 1. The lowest BCUT2D eigenvalue weighted by Crippen LogP contribution is -2.18.